The molecule has 0 saturated carbocycles. The Morgan fingerprint density at radius 2 is 0.463 bits per heavy atom. The van der Waals surface area contributed by atoms with Gasteiger partial charge in [-0.2, -0.15) is 18.5 Å². The Labute approximate surface area is 259 Å². The first-order valence-corrected chi connectivity index (χ1v) is 20.2. The molecular formula is C36H76O4P+. The van der Waals surface area contributed by atoms with Crippen LogP contribution in [0.4, 0.5) is 0 Å². The summed E-state index contributed by atoms with van der Waals surface area (Å²) < 4.78 is 17.7. The van der Waals surface area contributed by atoms with E-state index in [1.165, 1.54) is 154 Å². The lowest BCUT2D eigenvalue weighted by molar-refractivity contribution is 0.0773. The van der Waals surface area contributed by atoms with E-state index in [0.717, 1.165) is 38.5 Å². The first-order chi connectivity index (χ1) is 20.2. The van der Waals surface area contributed by atoms with Crippen molar-refractivity contribution in [1.82, 2.24) is 0 Å². The number of unbranched alkanes of at least 4 members (excludes halogenated alkanes) is 27. The van der Waals surface area contributed by atoms with Crippen molar-refractivity contribution in [3.63, 3.8) is 0 Å². The topological polar surface area (TPSA) is 47.9 Å². The minimum Gasteiger partial charge on any atom is -0.168 e. The van der Waals surface area contributed by atoms with Crippen molar-refractivity contribution < 1.29 is 18.5 Å². The Morgan fingerprint density at radius 3 is 0.659 bits per heavy atom. The fourth-order valence-electron chi connectivity index (χ4n) is 5.42. The van der Waals surface area contributed by atoms with Crippen LogP contribution in [-0.2, 0) is 13.6 Å². The van der Waals surface area contributed by atoms with E-state index in [4.69, 9.17) is 13.6 Å². The first kappa shape index (κ1) is 41.3. The fraction of sp³-hybridized carbons (Fsp3) is 1.00. The monoisotopic (exact) mass is 604 g/mol. The maximum absolute atomic E-state index is 11.1. The minimum absolute atomic E-state index is 0.539. The lowest BCUT2D eigenvalue weighted by Gasteiger charge is -2.15. The van der Waals surface area contributed by atoms with Crippen molar-refractivity contribution >= 4 is 8.17 Å². The molecule has 0 aromatic carbocycles. The van der Waals surface area contributed by atoms with Gasteiger partial charge >= 0.3 is 8.17 Å². The van der Waals surface area contributed by atoms with Gasteiger partial charge in [0.1, 0.15) is 19.8 Å². The van der Waals surface area contributed by atoms with Gasteiger partial charge in [-0.05, 0) is 19.3 Å². The molecule has 0 amide bonds. The van der Waals surface area contributed by atoms with Gasteiger partial charge in [-0.15, -0.1) is 0 Å². The molecule has 0 rings (SSSR count). The molecule has 0 spiro atoms. The Kier molecular flexibility index (Phi) is 35.0. The van der Waals surface area contributed by atoms with Crippen LogP contribution in [0.5, 0.6) is 0 Å². The van der Waals surface area contributed by atoms with Gasteiger partial charge in [0.25, 0.3) is 0 Å². The summed E-state index contributed by atoms with van der Waals surface area (Å²) in [5, 5.41) is 0. The maximum atomic E-state index is 11.1. The first-order valence-electron chi connectivity index (χ1n) is 18.7. The molecule has 0 atom stereocenters. The summed E-state index contributed by atoms with van der Waals surface area (Å²) in [6, 6.07) is 0. The van der Waals surface area contributed by atoms with Crippen LogP contribution in [0.2, 0.25) is 0 Å². The van der Waals surface area contributed by atoms with Crippen molar-refractivity contribution in [3.8, 4) is 0 Å². The van der Waals surface area contributed by atoms with Gasteiger partial charge in [0.05, 0.1) is 0 Å². The molecule has 41 heavy (non-hydrogen) atoms. The van der Waals surface area contributed by atoms with Crippen molar-refractivity contribution in [1.29, 1.82) is 0 Å². The van der Waals surface area contributed by atoms with Crippen LogP contribution in [0.3, 0.4) is 0 Å². The van der Waals surface area contributed by atoms with Crippen LogP contribution >= 0.6 is 8.17 Å². The standard InChI is InChI=1S/C36H76O4P/c1-4-7-10-13-16-19-22-25-28-31-34-38-41(37,39-35-32-29-26-23-20-17-14-11-8-5-2)40-36-33-30-27-24-21-18-15-12-9-6-3/h37H,4-36H2,1-3H3/q+1. The third-order valence-corrected chi connectivity index (χ3v) is 9.78. The van der Waals surface area contributed by atoms with E-state index in [0.29, 0.717) is 19.8 Å². The molecule has 4 nitrogen and oxygen atoms in total. The van der Waals surface area contributed by atoms with Gasteiger partial charge < -0.3 is 0 Å². The molecule has 0 aliphatic heterocycles. The van der Waals surface area contributed by atoms with Gasteiger partial charge in [-0.1, -0.05) is 194 Å². The third-order valence-electron chi connectivity index (χ3n) is 8.26. The van der Waals surface area contributed by atoms with Gasteiger partial charge in [-0.25, -0.2) is 0 Å². The molecule has 248 valence electrons. The predicted molar refractivity (Wildman–Crippen MR) is 183 cm³/mol. The highest BCUT2D eigenvalue weighted by Crippen LogP contribution is 2.58. The zero-order valence-corrected chi connectivity index (χ0v) is 29.3. The van der Waals surface area contributed by atoms with Crippen LogP contribution < -0.4 is 0 Å². The van der Waals surface area contributed by atoms with Crippen molar-refractivity contribution in [2.24, 2.45) is 0 Å². The van der Waals surface area contributed by atoms with Crippen molar-refractivity contribution in [2.75, 3.05) is 19.8 Å². The molecule has 1 N–H and O–H groups in total. The molecule has 0 saturated heterocycles. The number of rotatable bonds is 36. The van der Waals surface area contributed by atoms with E-state index in [-0.39, 0.29) is 0 Å². The van der Waals surface area contributed by atoms with E-state index >= 15 is 0 Å². The van der Waals surface area contributed by atoms with Crippen LogP contribution in [0.25, 0.3) is 0 Å². The molecule has 0 fully saturated rings. The second-order valence-corrected chi connectivity index (χ2v) is 14.2. The van der Waals surface area contributed by atoms with E-state index in [2.05, 4.69) is 20.8 Å². The zero-order valence-electron chi connectivity index (χ0n) is 28.5. The summed E-state index contributed by atoms with van der Waals surface area (Å²) in [4.78, 5) is 11.1. The molecule has 0 heterocycles. The highest BCUT2D eigenvalue weighted by Gasteiger charge is 2.44. The van der Waals surface area contributed by atoms with Gasteiger partial charge in [-0.3, -0.25) is 0 Å². The van der Waals surface area contributed by atoms with Crippen molar-refractivity contribution in [3.05, 3.63) is 0 Å². The third kappa shape index (κ3) is 33.0. The Hall–Kier alpha value is 0.270. The Balaban J connectivity index is 4.06. The quantitative estimate of drug-likeness (QED) is 0.0571. The highest BCUT2D eigenvalue weighted by molar-refractivity contribution is 7.55. The largest absolute Gasteiger partial charge is 0.572 e. The second kappa shape index (κ2) is 34.8. The lowest BCUT2D eigenvalue weighted by atomic mass is 10.1. The average molecular weight is 604 g/mol. The summed E-state index contributed by atoms with van der Waals surface area (Å²) in [7, 11) is -3.20. The molecule has 0 unspecified atom stereocenters. The van der Waals surface area contributed by atoms with Crippen LogP contribution in [0.15, 0.2) is 0 Å². The maximum Gasteiger partial charge on any atom is 0.572 e. The molecule has 0 aliphatic rings. The van der Waals surface area contributed by atoms with Crippen LogP contribution in [0, 0.1) is 0 Å². The van der Waals surface area contributed by atoms with Gasteiger partial charge in [0, 0.05) is 0 Å². The SMILES string of the molecule is CCCCCCCCCCCCO[P+](O)(OCCCCCCCCCCCC)OCCCCCCCCCCCC. The summed E-state index contributed by atoms with van der Waals surface area (Å²) in [5.74, 6) is 0. The second-order valence-electron chi connectivity index (χ2n) is 12.5. The van der Waals surface area contributed by atoms with Crippen LogP contribution in [-0.4, -0.2) is 24.7 Å². The lowest BCUT2D eigenvalue weighted by Crippen LogP contribution is -2.10. The zero-order chi connectivity index (χ0) is 30.0. The van der Waals surface area contributed by atoms with Gasteiger partial charge in [0.15, 0.2) is 0 Å². The van der Waals surface area contributed by atoms with E-state index in [9.17, 15) is 4.89 Å². The molecule has 5 heteroatoms. The smallest absolute Gasteiger partial charge is 0.168 e. The summed E-state index contributed by atoms with van der Waals surface area (Å²) in [5.41, 5.74) is 0. The predicted octanol–water partition coefficient (Wildman–Crippen LogP) is 13.5. The normalized spacial score (nSPS) is 12.0. The fourth-order valence-corrected chi connectivity index (χ4v) is 6.72. The number of hydrogen-bond donors (Lipinski definition) is 1. The number of hydrogen-bond acceptors (Lipinski definition) is 4. The molecule has 0 radical (unpaired) electrons. The Bertz CT molecular complexity index is 412. The molecule has 0 aromatic rings. The molecule has 0 aromatic heterocycles. The van der Waals surface area contributed by atoms with E-state index < -0.39 is 8.17 Å². The molecular weight excluding hydrogens is 527 g/mol. The average Bonchev–Trinajstić information content (AvgIpc) is 2.97. The van der Waals surface area contributed by atoms with Gasteiger partial charge in [0.2, 0.25) is 0 Å². The highest BCUT2D eigenvalue weighted by atomic mass is 31.2. The van der Waals surface area contributed by atoms with Crippen LogP contribution in [0.1, 0.15) is 213 Å². The molecule has 0 bridgehead atoms. The Morgan fingerprint density at radius 1 is 0.293 bits per heavy atom. The summed E-state index contributed by atoms with van der Waals surface area (Å²) >= 11 is 0. The molecule has 0 aliphatic carbocycles. The summed E-state index contributed by atoms with van der Waals surface area (Å²) in [6.07, 6.45) is 38.8. The summed E-state index contributed by atoms with van der Waals surface area (Å²) in [6.45, 7) is 8.44. The minimum atomic E-state index is -3.20. The van der Waals surface area contributed by atoms with E-state index in [1.807, 2.05) is 0 Å². The van der Waals surface area contributed by atoms with Crippen molar-refractivity contribution in [2.45, 2.75) is 213 Å². The van der Waals surface area contributed by atoms with E-state index in [1.54, 1.807) is 0 Å².